The molecule has 0 aliphatic carbocycles. The van der Waals surface area contributed by atoms with Gasteiger partial charge in [-0.05, 0) is 52.7 Å². The van der Waals surface area contributed by atoms with Crippen LogP contribution in [-0.4, -0.2) is 0 Å². The molecular weight excluding hydrogens is 394 g/mol. The lowest BCUT2D eigenvalue weighted by Crippen LogP contribution is -1.97. The Morgan fingerprint density at radius 3 is 2.24 bits per heavy atom. The molecule has 0 unspecified atom stereocenters. The minimum Gasteiger partial charge on any atom is -0.457 e. The zero-order valence-electron chi connectivity index (χ0n) is 11.1. The second kappa shape index (κ2) is 6.18. The van der Waals surface area contributed by atoms with Crippen molar-refractivity contribution in [1.29, 1.82) is 0 Å². The molecule has 0 saturated carbocycles. The highest BCUT2D eigenvalue weighted by Crippen LogP contribution is 2.29. The second-order valence-electron chi connectivity index (χ2n) is 4.71. The molecule has 0 saturated heterocycles. The van der Waals surface area contributed by atoms with Gasteiger partial charge in [0, 0.05) is 15.5 Å². The highest BCUT2D eigenvalue weighted by Gasteiger charge is 2.03. The lowest BCUT2D eigenvalue weighted by Gasteiger charge is -2.09. The lowest BCUT2D eigenvalue weighted by atomic mass is 10.1. The van der Waals surface area contributed by atoms with E-state index in [-0.39, 0.29) is 0 Å². The summed E-state index contributed by atoms with van der Waals surface area (Å²) in [7, 11) is 0. The van der Waals surface area contributed by atoms with Gasteiger partial charge in [0.1, 0.15) is 11.5 Å². The average molecular weight is 407 g/mol. The van der Waals surface area contributed by atoms with Crippen molar-refractivity contribution < 1.29 is 4.74 Å². The van der Waals surface area contributed by atoms with Gasteiger partial charge in [-0.15, -0.1) is 0 Å². The number of hydrogen-bond acceptors (Lipinski definition) is 2. The van der Waals surface area contributed by atoms with E-state index in [0.717, 1.165) is 31.4 Å². The number of hydrogen-bond donors (Lipinski definition) is 1. The Labute approximate surface area is 140 Å². The Morgan fingerprint density at radius 2 is 1.48 bits per heavy atom. The fraction of sp³-hybridized carbons (Fsp3) is 0.0588. The van der Waals surface area contributed by atoms with Crippen molar-refractivity contribution in [3.05, 3.63) is 69.1 Å². The van der Waals surface area contributed by atoms with E-state index < -0.39 is 0 Å². The van der Waals surface area contributed by atoms with Crippen LogP contribution in [0.3, 0.4) is 0 Å². The van der Waals surface area contributed by atoms with Crippen molar-refractivity contribution in [2.75, 3.05) is 0 Å². The predicted molar refractivity (Wildman–Crippen MR) is 93.8 cm³/mol. The molecule has 21 heavy (non-hydrogen) atoms. The van der Waals surface area contributed by atoms with E-state index in [1.807, 2.05) is 36.4 Å². The number of fused-ring (bicyclic) bond motifs is 1. The van der Waals surface area contributed by atoms with E-state index in [0.29, 0.717) is 6.54 Å². The molecule has 2 nitrogen and oxygen atoms in total. The molecule has 0 amide bonds. The Bertz CT molecular complexity index is 802. The maximum Gasteiger partial charge on any atom is 0.128 e. The van der Waals surface area contributed by atoms with Crippen LogP contribution in [0, 0.1) is 0 Å². The summed E-state index contributed by atoms with van der Waals surface area (Å²) >= 11 is 6.98. The van der Waals surface area contributed by atoms with E-state index in [2.05, 4.69) is 50.1 Å². The van der Waals surface area contributed by atoms with Crippen molar-refractivity contribution >= 4 is 42.6 Å². The van der Waals surface area contributed by atoms with Crippen LogP contribution < -0.4 is 10.5 Å². The summed E-state index contributed by atoms with van der Waals surface area (Å²) in [4.78, 5) is 0. The van der Waals surface area contributed by atoms with Gasteiger partial charge < -0.3 is 10.5 Å². The van der Waals surface area contributed by atoms with Crippen LogP contribution in [0.4, 0.5) is 0 Å². The minimum absolute atomic E-state index is 0.506. The molecule has 0 bridgehead atoms. The number of halogens is 2. The van der Waals surface area contributed by atoms with Crippen LogP contribution in [0.5, 0.6) is 11.5 Å². The molecule has 3 aromatic carbocycles. The van der Waals surface area contributed by atoms with Gasteiger partial charge in [-0.2, -0.15) is 0 Å². The van der Waals surface area contributed by atoms with Crippen molar-refractivity contribution in [2.24, 2.45) is 5.73 Å². The molecule has 0 radical (unpaired) electrons. The molecule has 0 aliphatic heterocycles. The molecule has 106 valence electrons. The summed E-state index contributed by atoms with van der Waals surface area (Å²) in [6, 6.07) is 18.1. The topological polar surface area (TPSA) is 35.2 Å². The van der Waals surface area contributed by atoms with Crippen LogP contribution >= 0.6 is 31.9 Å². The zero-order chi connectivity index (χ0) is 14.8. The zero-order valence-corrected chi connectivity index (χ0v) is 14.3. The second-order valence-corrected chi connectivity index (χ2v) is 6.48. The van der Waals surface area contributed by atoms with E-state index in [1.165, 1.54) is 5.39 Å². The normalized spacial score (nSPS) is 10.8. The minimum atomic E-state index is 0.506. The summed E-state index contributed by atoms with van der Waals surface area (Å²) in [6.45, 7) is 0.506. The third-order valence-electron chi connectivity index (χ3n) is 3.25. The molecule has 3 rings (SSSR count). The monoisotopic (exact) mass is 405 g/mol. The van der Waals surface area contributed by atoms with Crippen molar-refractivity contribution in [1.82, 2.24) is 0 Å². The quantitative estimate of drug-likeness (QED) is 0.612. The Balaban J connectivity index is 1.91. The van der Waals surface area contributed by atoms with Gasteiger partial charge in [-0.1, -0.05) is 50.1 Å². The van der Waals surface area contributed by atoms with Crippen molar-refractivity contribution in [3.63, 3.8) is 0 Å². The molecule has 3 aromatic rings. The summed E-state index contributed by atoms with van der Waals surface area (Å²) in [5, 5.41) is 2.32. The van der Waals surface area contributed by atoms with Gasteiger partial charge in [0.15, 0.2) is 0 Å². The Kier molecular flexibility index (Phi) is 4.29. The molecule has 0 aromatic heterocycles. The molecule has 0 atom stereocenters. The lowest BCUT2D eigenvalue weighted by molar-refractivity contribution is 0.483. The molecule has 0 aliphatic rings. The smallest absolute Gasteiger partial charge is 0.128 e. The first-order valence-electron chi connectivity index (χ1n) is 6.51. The van der Waals surface area contributed by atoms with Crippen LogP contribution in [0.1, 0.15) is 5.56 Å². The summed E-state index contributed by atoms with van der Waals surface area (Å²) < 4.78 is 7.95. The van der Waals surface area contributed by atoms with Gasteiger partial charge in [-0.25, -0.2) is 0 Å². The van der Waals surface area contributed by atoms with Gasteiger partial charge in [0.2, 0.25) is 0 Å². The van der Waals surface area contributed by atoms with Gasteiger partial charge >= 0.3 is 0 Å². The molecule has 4 heteroatoms. The average Bonchev–Trinajstić information content (AvgIpc) is 2.48. The first-order valence-corrected chi connectivity index (χ1v) is 8.10. The Hall–Kier alpha value is -1.36. The van der Waals surface area contributed by atoms with Crippen LogP contribution in [-0.2, 0) is 6.54 Å². The summed E-state index contributed by atoms with van der Waals surface area (Å²) in [5.41, 5.74) is 6.71. The first kappa shape index (κ1) is 14.6. The molecule has 2 N–H and O–H groups in total. The van der Waals surface area contributed by atoms with Crippen molar-refractivity contribution in [2.45, 2.75) is 6.54 Å². The fourth-order valence-corrected chi connectivity index (χ4v) is 3.05. The largest absolute Gasteiger partial charge is 0.457 e. The highest BCUT2D eigenvalue weighted by molar-refractivity contribution is 9.10. The highest BCUT2D eigenvalue weighted by atomic mass is 79.9. The number of rotatable bonds is 3. The van der Waals surface area contributed by atoms with Crippen molar-refractivity contribution in [3.8, 4) is 11.5 Å². The number of ether oxygens (including phenoxy) is 1. The van der Waals surface area contributed by atoms with E-state index in [1.54, 1.807) is 0 Å². The van der Waals surface area contributed by atoms with Gasteiger partial charge in [-0.3, -0.25) is 0 Å². The van der Waals surface area contributed by atoms with E-state index in [9.17, 15) is 0 Å². The third-order valence-corrected chi connectivity index (χ3v) is 4.49. The standard InChI is InChI=1S/C17H13Br2NO/c18-14-4-1-12-8-15(5-2-11(12)7-14)21-16-6-3-13(10-20)17(19)9-16/h1-9H,10,20H2. The fourth-order valence-electron chi connectivity index (χ4n) is 2.15. The van der Waals surface area contributed by atoms with Gasteiger partial charge in [0.05, 0.1) is 0 Å². The Morgan fingerprint density at radius 1 is 0.810 bits per heavy atom. The van der Waals surface area contributed by atoms with Crippen LogP contribution in [0.25, 0.3) is 10.8 Å². The summed E-state index contributed by atoms with van der Waals surface area (Å²) in [5.74, 6) is 1.60. The van der Waals surface area contributed by atoms with Crippen LogP contribution in [0.2, 0.25) is 0 Å². The first-order chi connectivity index (χ1) is 10.2. The van der Waals surface area contributed by atoms with E-state index in [4.69, 9.17) is 10.5 Å². The SMILES string of the molecule is NCc1ccc(Oc2ccc3cc(Br)ccc3c2)cc1Br. The predicted octanol–water partition coefficient (Wildman–Crippen LogP) is 5.62. The maximum absolute atomic E-state index is 5.91. The molecular formula is C17H13Br2NO. The van der Waals surface area contributed by atoms with Gasteiger partial charge in [0.25, 0.3) is 0 Å². The van der Waals surface area contributed by atoms with Crippen LogP contribution in [0.15, 0.2) is 63.5 Å². The molecule has 0 heterocycles. The maximum atomic E-state index is 5.91. The summed E-state index contributed by atoms with van der Waals surface area (Å²) in [6.07, 6.45) is 0. The molecule has 0 spiro atoms. The molecule has 0 fully saturated rings. The number of benzene rings is 3. The third kappa shape index (κ3) is 3.28. The van der Waals surface area contributed by atoms with E-state index >= 15 is 0 Å². The number of nitrogens with two attached hydrogens (primary N) is 1.